The molecule has 0 aliphatic carbocycles. The Hall–Kier alpha value is -2.14. The molecule has 2 amide bonds. The van der Waals surface area contributed by atoms with E-state index in [0.717, 1.165) is 10.0 Å². The third-order valence-corrected chi connectivity index (χ3v) is 3.47. The van der Waals surface area contributed by atoms with E-state index in [4.69, 9.17) is 5.73 Å². The van der Waals surface area contributed by atoms with Crippen LogP contribution in [0.4, 0.5) is 0 Å². The van der Waals surface area contributed by atoms with Gasteiger partial charge in [0.2, 0.25) is 5.91 Å². The van der Waals surface area contributed by atoms with Crippen LogP contribution in [0.2, 0.25) is 0 Å². The van der Waals surface area contributed by atoms with Crippen molar-refractivity contribution in [2.75, 3.05) is 6.54 Å². The van der Waals surface area contributed by atoms with E-state index in [1.807, 2.05) is 30.3 Å². The number of halogens is 1. The molecule has 0 bridgehead atoms. The molecular weight excluding hydrogens is 332 g/mol. The number of amides is 2. The Balaban J connectivity index is 2.20. The molecule has 21 heavy (non-hydrogen) atoms. The molecule has 2 N–H and O–H groups in total. The molecule has 5 heteroatoms. The Labute approximate surface area is 131 Å². The molecule has 0 heterocycles. The largest absolute Gasteiger partial charge is 0.368 e. The van der Waals surface area contributed by atoms with E-state index in [1.165, 1.54) is 4.90 Å². The molecule has 2 aromatic carbocycles. The number of carbonyl (C=O) groups is 2. The van der Waals surface area contributed by atoms with Crippen LogP contribution in [0.15, 0.2) is 59.1 Å². The molecule has 0 saturated carbocycles. The highest BCUT2D eigenvalue weighted by Gasteiger charge is 2.17. The average molecular weight is 347 g/mol. The van der Waals surface area contributed by atoms with Gasteiger partial charge in [-0.15, -0.1) is 0 Å². The second-order valence-corrected chi connectivity index (χ2v) is 5.54. The van der Waals surface area contributed by atoms with Crippen LogP contribution in [0, 0.1) is 0 Å². The topological polar surface area (TPSA) is 63.4 Å². The smallest absolute Gasteiger partial charge is 0.254 e. The molecule has 0 unspecified atom stereocenters. The van der Waals surface area contributed by atoms with Gasteiger partial charge in [0.15, 0.2) is 0 Å². The molecule has 0 spiro atoms. The molecule has 4 nitrogen and oxygen atoms in total. The lowest BCUT2D eigenvalue weighted by atomic mass is 10.1. The lowest BCUT2D eigenvalue weighted by molar-refractivity contribution is -0.118. The summed E-state index contributed by atoms with van der Waals surface area (Å²) in [5.41, 5.74) is 6.72. The van der Waals surface area contributed by atoms with E-state index < -0.39 is 5.91 Å². The standard InChI is InChI=1S/C16H15BrN2O2/c17-14-8-6-12(7-9-14)10-19(11-15(18)20)16(21)13-4-2-1-3-5-13/h1-9H,10-11H2,(H2,18,20). The number of benzene rings is 2. The quantitative estimate of drug-likeness (QED) is 0.904. The maximum Gasteiger partial charge on any atom is 0.254 e. The maximum atomic E-state index is 12.5. The van der Waals surface area contributed by atoms with Crippen LogP contribution in [0.25, 0.3) is 0 Å². The van der Waals surface area contributed by atoms with E-state index in [9.17, 15) is 9.59 Å². The summed E-state index contributed by atoms with van der Waals surface area (Å²) in [5, 5.41) is 0. The first-order chi connectivity index (χ1) is 10.1. The van der Waals surface area contributed by atoms with Gasteiger partial charge in [0.25, 0.3) is 5.91 Å². The monoisotopic (exact) mass is 346 g/mol. The molecule has 108 valence electrons. The molecule has 0 radical (unpaired) electrons. The third-order valence-electron chi connectivity index (χ3n) is 2.94. The van der Waals surface area contributed by atoms with Gasteiger partial charge in [0.05, 0.1) is 6.54 Å². The number of primary amides is 1. The van der Waals surface area contributed by atoms with Crippen molar-refractivity contribution >= 4 is 27.7 Å². The summed E-state index contributed by atoms with van der Waals surface area (Å²) in [7, 11) is 0. The van der Waals surface area contributed by atoms with Gasteiger partial charge >= 0.3 is 0 Å². The number of rotatable bonds is 5. The lowest BCUT2D eigenvalue weighted by Crippen LogP contribution is -2.38. The lowest BCUT2D eigenvalue weighted by Gasteiger charge is -2.21. The number of hydrogen-bond acceptors (Lipinski definition) is 2. The zero-order valence-electron chi connectivity index (χ0n) is 11.3. The van der Waals surface area contributed by atoms with Crippen molar-refractivity contribution < 1.29 is 9.59 Å². The van der Waals surface area contributed by atoms with Crippen molar-refractivity contribution in [3.63, 3.8) is 0 Å². The first-order valence-electron chi connectivity index (χ1n) is 6.43. The fourth-order valence-corrected chi connectivity index (χ4v) is 2.23. The van der Waals surface area contributed by atoms with Crippen LogP contribution in [0.1, 0.15) is 15.9 Å². The minimum Gasteiger partial charge on any atom is -0.368 e. The summed E-state index contributed by atoms with van der Waals surface area (Å²) in [6.07, 6.45) is 0. The van der Waals surface area contributed by atoms with Gasteiger partial charge in [-0.3, -0.25) is 9.59 Å². The summed E-state index contributed by atoms with van der Waals surface area (Å²) >= 11 is 3.36. The molecule has 0 atom stereocenters. The highest BCUT2D eigenvalue weighted by Crippen LogP contribution is 2.14. The molecule has 2 rings (SSSR count). The van der Waals surface area contributed by atoms with E-state index in [0.29, 0.717) is 12.1 Å². The van der Waals surface area contributed by atoms with Gasteiger partial charge in [0, 0.05) is 16.6 Å². The van der Waals surface area contributed by atoms with Gasteiger partial charge in [-0.05, 0) is 29.8 Å². The van der Waals surface area contributed by atoms with Crippen LogP contribution in [0.5, 0.6) is 0 Å². The normalized spacial score (nSPS) is 10.1. The number of nitrogens with two attached hydrogens (primary N) is 1. The summed E-state index contributed by atoms with van der Waals surface area (Å²) in [4.78, 5) is 25.1. The Bertz CT molecular complexity index is 626. The molecule has 0 saturated heterocycles. The summed E-state index contributed by atoms with van der Waals surface area (Å²) < 4.78 is 0.960. The van der Waals surface area contributed by atoms with E-state index in [1.54, 1.807) is 24.3 Å². The van der Waals surface area contributed by atoms with Gasteiger partial charge in [-0.2, -0.15) is 0 Å². The highest BCUT2D eigenvalue weighted by molar-refractivity contribution is 9.10. The Morgan fingerprint density at radius 2 is 1.62 bits per heavy atom. The zero-order valence-corrected chi connectivity index (χ0v) is 12.9. The van der Waals surface area contributed by atoms with E-state index >= 15 is 0 Å². The van der Waals surface area contributed by atoms with Crippen molar-refractivity contribution in [2.45, 2.75) is 6.54 Å². The van der Waals surface area contributed by atoms with Crippen LogP contribution in [-0.4, -0.2) is 23.3 Å². The maximum absolute atomic E-state index is 12.5. The van der Waals surface area contributed by atoms with Crippen LogP contribution in [-0.2, 0) is 11.3 Å². The van der Waals surface area contributed by atoms with Gasteiger partial charge in [-0.25, -0.2) is 0 Å². The minimum absolute atomic E-state index is 0.107. The van der Waals surface area contributed by atoms with E-state index in [-0.39, 0.29) is 12.5 Å². The zero-order chi connectivity index (χ0) is 15.2. The fraction of sp³-hybridized carbons (Fsp3) is 0.125. The second kappa shape index (κ2) is 7.04. The summed E-state index contributed by atoms with van der Waals surface area (Å²) in [6.45, 7) is 0.230. The predicted molar refractivity (Wildman–Crippen MR) is 84.5 cm³/mol. The SMILES string of the molecule is NC(=O)CN(Cc1ccc(Br)cc1)C(=O)c1ccccc1. The number of nitrogens with zero attached hydrogens (tertiary/aromatic N) is 1. The summed E-state index contributed by atoms with van der Waals surface area (Å²) in [6, 6.07) is 16.4. The van der Waals surface area contributed by atoms with Gasteiger partial charge in [-0.1, -0.05) is 46.3 Å². The van der Waals surface area contributed by atoms with Crippen LogP contribution < -0.4 is 5.73 Å². The molecule has 0 aromatic heterocycles. The van der Waals surface area contributed by atoms with Crippen LogP contribution in [0.3, 0.4) is 0 Å². The number of carbonyl (C=O) groups excluding carboxylic acids is 2. The van der Waals surface area contributed by atoms with Gasteiger partial charge in [0.1, 0.15) is 0 Å². The Kier molecular flexibility index (Phi) is 5.11. The third kappa shape index (κ3) is 4.43. The minimum atomic E-state index is -0.531. The fourth-order valence-electron chi connectivity index (χ4n) is 1.96. The highest BCUT2D eigenvalue weighted by atomic mass is 79.9. The first kappa shape index (κ1) is 15.3. The second-order valence-electron chi connectivity index (χ2n) is 4.62. The van der Waals surface area contributed by atoms with Crippen molar-refractivity contribution in [3.05, 3.63) is 70.2 Å². The molecule has 2 aromatic rings. The molecular formula is C16H15BrN2O2. The van der Waals surface area contributed by atoms with Crippen LogP contribution >= 0.6 is 15.9 Å². The first-order valence-corrected chi connectivity index (χ1v) is 7.22. The number of hydrogen-bond donors (Lipinski definition) is 1. The van der Waals surface area contributed by atoms with Crippen molar-refractivity contribution in [2.24, 2.45) is 5.73 Å². The molecule has 0 aliphatic heterocycles. The Morgan fingerprint density at radius 3 is 2.19 bits per heavy atom. The molecule has 0 aliphatic rings. The van der Waals surface area contributed by atoms with Crippen molar-refractivity contribution in [1.82, 2.24) is 4.90 Å². The Morgan fingerprint density at radius 1 is 1.00 bits per heavy atom. The summed E-state index contributed by atoms with van der Waals surface area (Å²) in [5.74, 6) is -0.742. The van der Waals surface area contributed by atoms with Crippen molar-refractivity contribution in [1.29, 1.82) is 0 Å². The van der Waals surface area contributed by atoms with E-state index in [2.05, 4.69) is 15.9 Å². The average Bonchev–Trinajstić information content (AvgIpc) is 2.48. The molecule has 0 fully saturated rings. The van der Waals surface area contributed by atoms with Gasteiger partial charge < -0.3 is 10.6 Å². The predicted octanol–water partition coefficient (Wildman–Crippen LogP) is 2.58. The van der Waals surface area contributed by atoms with Crippen molar-refractivity contribution in [3.8, 4) is 0 Å².